The molecule has 0 aromatic rings. The van der Waals surface area contributed by atoms with Gasteiger partial charge in [0.15, 0.2) is 9.84 Å². The van der Waals surface area contributed by atoms with E-state index in [0.29, 0.717) is 13.0 Å². The maximum Gasteiger partial charge on any atom is 0.150 e. The van der Waals surface area contributed by atoms with Crippen molar-refractivity contribution < 1.29 is 8.42 Å². The Bertz CT molecular complexity index is 219. The largest absolute Gasteiger partial charge is 0.330 e. The van der Waals surface area contributed by atoms with E-state index in [0.717, 1.165) is 0 Å². The minimum Gasteiger partial charge on any atom is -0.330 e. The Morgan fingerprint density at radius 1 is 1.33 bits per heavy atom. The molecular weight excluding hydrogens is 174 g/mol. The smallest absolute Gasteiger partial charge is 0.150 e. The molecule has 0 radical (unpaired) electrons. The van der Waals surface area contributed by atoms with E-state index in [1.165, 1.54) is 0 Å². The topological polar surface area (TPSA) is 60.2 Å². The van der Waals surface area contributed by atoms with Crippen LogP contribution in [-0.2, 0) is 9.84 Å². The average Bonchev–Trinajstić information content (AvgIpc) is 1.85. The third kappa shape index (κ3) is 4.72. The second-order valence-corrected chi connectivity index (χ2v) is 6.14. The van der Waals surface area contributed by atoms with Crippen LogP contribution in [0.4, 0.5) is 0 Å². The molecule has 0 bridgehead atoms. The molecule has 3 nitrogen and oxygen atoms in total. The number of hydrogen-bond donors (Lipinski definition) is 1. The summed E-state index contributed by atoms with van der Waals surface area (Å²) in [6.07, 6.45) is 0.684. The Balaban J connectivity index is 4.25. The van der Waals surface area contributed by atoms with Crippen LogP contribution in [0.5, 0.6) is 0 Å². The van der Waals surface area contributed by atoms with Gasteiger partial charge < -0.3 is 5.73 Å². The van der Waals surface area contributed by atoms with Crippen LogP contribution >= 0.6 is 0 Å². The molecule has 74 valence electrons. The van der Waals surface area contributed by atoms with Crippen LogP contribution in [0.3, 0.4) is 0 Å². The molecule has 0 aromatic heterocycles. The van der Waals surface area contributed by atoms with Gasteiger partial charge in [-0.3, -0.25) is 0 Å². The summed E-state index contributed by atoms with van der Waals surface area (Å²) in [6, 6.07) is 0. The monoisotopic (exact) mass is 193 g/mol. The Hall–Kier alpha value is -0.0900. The van der Waals surface area contributed by atoms with Crippen LogP contribution in [0.15, 0.2) is 0 Å². The van der Waals surface area contributed by atoms with Crippen LogP contribution in [0, 0.1) is 5.41 Å². The molecular formula is C8H19NO2S. The predicted molar refractivity (Wildman–Crippen MR) is 51.8 cm³/mol. The summed E-state index contributed by atoms with van der Waals surface area (Å²) in [5, 5.41) is 0. The molecule has 0 atom stereocenters. The zero-order chi connectivity index (χ0) is 9.83. The second-order valence-electron chi connectivity index (χ2n) is 3.96. The highest BCUT2D eigenvalue weighted by Gasteiger charge is 2.23. The summed E-state index contributed by atoms with van der Waals surface area (Å²) < 4.78 is 22.7. The fraction of sp³-hybridized carbons (Fsp3) is 1.00. The molecule has 0 fully saturated rings. The van der Waals surface area contributed by atoms with Crippen LogP contribution in [-0.4, -0.2) is 26.5 Å². The Kier molecular flexibility index (Phi) is 4.20. The first-order valence-corrected chi connectivity index (χ1v) is 6.05. The van der Waals surface area contributed by atoms with Gasteiger partial charge in [0.1, 0.15) is 0 Å². The van der Waals surface area contributed by atoms with Gasteiger partial charge in [0, 0.05) is 5.75 Å². The van der Waals surface area contributed by atoms with Crippen molar-refractivity contribution in [2.45, 2.75) is 27.2 Å². The van der Waals surface area contributed by atoms with Gasteiger partial charge in [0.05, 0.1) is 5.75 Å². The van der Waals surface area contributed by atoms with E-state index < -0.39 is 9.84 Å². The van der Waals surface area contributed by atoms with Crippen molar-refractivity contribution in [3.05, 3.63) is 0 Å². The zero-order valence-corrected chi connectivity index (χ0v) is 8.95. The van der Waals surface area contributed by atoms with Crippen molar-refractivity contribution in [1.82, 2.24) is 0 Å². The van der Waals surface area contributed by atoms with Gasteiger partial charge in [-0.1, -0.05) is 20.8 Å². The molecule has 0 aromatic carbocycles. The van der Waals surface area contributed by atoms with E-state index in [1.54, 1.807) is 0 Å². The summed E-state index contributed by atoms with van der Waals surface area (Å²) in [5.74, 6) is 0.473. The van der Waals surface area contributed by atoms with E-state index in [4.69, 9.17) is 5.73 Å². The first-order chi connectivity index (χ1) is 5.33. The predicted octanol–water partition coefficient (Wildman–Crippen LogP) is 0.796. The molecule has 2 N–H and O–H groups in total. The zero-order valence-electron chi connectivity index (χ0n) is 8.13. The van der Waals surface area contributed by atoms with Crippen LogP contribution < -0.4 is 5.73 Å². The van der Waals surface area contributed by atoms with Crippen molar-refractivity contribution in [3.63, 3.8) is 0 Å². The van der Waals surface area contributed by atoms with Gasteiger partial charge in [-0.2, -0.15) is 0 Å². The first kappa shape index (κ1) is 11.9. The maximum absolute atomic E-state index is 11.3. The van der Waals surface area contributed by atoms with Crippen molar-refractivity contribution in [3.8, 4) is 0 Å². The summed E-state index contributed by atoms with van der Waals surface area (Å²) in [6.45, 7) is 6.03. The minimum absolute atomic E-state index is 0.199. The molecule has 0 spiro atoms. The van der Waals surface area contributed by atoms with Crippen molar-refractivity contribution in [2.75, 3.05) is 18.1 Å². The SMILES string of the molecule is CCCS(=O)(=O)CC(C)(C)CN. The average molecular weight is 193 g/mol. The molecule has 0 aliphatic heterocycles. The molecule has 12 heavy (non-hydrogen) atoms. The highest BCUT2D eigenvalue weighted by Crippen LogP contribution is 2.16. The normalized spacial score (nSPS) is 13.3. The van der Waals surface area contributed by atoms with Gasteiger partial charge in [-0.05, 0) is 18.4 Å². The lowest BCUT2D eigenvalue weighted by Gasteiger charge is -2.21. The molecule has 0 amide bonds. The molecule has 4 heteroatoms. The van der Waals surface area contributed by atoms with E-state index in [1.807, 2.05) is 20.8 Å². The molecule has 0 rings (SSSR count). The summed E-state index contributed by atoms with van der Waals surface area (Å²) in [5.41, 5.74) is 5.16. The van der Waals surface area contributed by atoms with Gasteiger partial charge in [-0.15, -0.1) is 0 Å². The van der Waals surface area contributed by atoms with Crippen LogP contribution in [0.25, 0.3) is 0 Å². The summed E-state index contributed by atoms with van der Waals surface area (Å²) >= 11 is 0. The van der Waals surface area contributed by atoms with Crippen molar-refractivity contribution >= 4 is 9.84 Å². The molecule has 0 saturated heterocycles. The fourth-order valence-electron chi connectivity index (χ4n) is 1.04. The van der Waals surface area contributed by atoms with Crippen LogP contribution in [0.2, 0.25) is 0 Å². The quantitative estimate of drug-likeness (QED) is 0.702. The number of nitrogens with two attached hydrogens (primary N) is 1. The highest BCUT2D eigenvalue weighted by atomic mass is 32.2. The minimum atomic E-state index is -2.88. The number of sulfone groups is 1. The van der Waals surface area contributed by atoms with E-state index in [-0.39, 0.29) is 16.9 Å². The first-order valence-electron chi connectivity index (χ1n) is 4.23. The van der Waals surface area contributed by atoms with Gasteiger partial charge in [0.2, 0.25) is 0 Å². The Morgan fingerprint density at radius 3 is 2.17 bits per heavy atom. The molecule has 0 saturated carbocycles. The fourth-order valence-corrected chi connectivity index (χ4v) is 3.11. The third-order valence-electron chi connectivity index (χ3n) is 1.68. The van der Waals surface area contributed by atoms with Gasteiger partial charge in [0.25, 0.3) is 0 Å². The van der Waals surface area contributed by atoms with Gasteiger partial charge in [-0.25, -0.2) is 8.42 Å². The Morgan fingerprint density at radius 2 is 1.83 bits per heavy atom. The third-order valence-corrected chi connectivity index (χ3v) is 3.93. The highest BCUT2D eigenvalue weighted by molar-refractivity contribution is 7.91. The lowest BCUT2D eigenvalue weighted by Crippen LogP contribution is -2.32. The Labute approximate surface area is 75.3 Å². The van der Waals surface area contributed by atoms with Crippen molar-refractivity contribution in [1.29, 1.82) is 0 Å². The molecule has 0 aliphatic carbocycles. The van der Waals surface area contributed by atoms with E-state index in [2.05, 4.69) is 0 Å². The van der Waals surface area contributed by atoms with Gasteiger partial charge >= 0.3 is 0 Å². The summed E-state index contributed by atoms with van der Waals surface area (Å²) in [7, 11) is -2.88. The van der Waals surface area contributed by atoms with Crippen LogP contribution in [0.1, 0.15) is 27.2 Å². The second kappa shape index (κ2) is 4.23. The lowest BCUT2D eigenvalue weighted by atomic mass is 9.97. The number of hydrogen-bond acceptors (Lipinski definition) is 3. The lowest BCUT2D eigenvalue weighted by molar-refractivity contribution is 0.425. The molecule has 0 unspecified atom stereocenters. The van der Waals surface area contributed by atoms with E-state index >= 15 is 0 Å². The standard InChI is InChI=1S/C8H19NO2S/c1-4-5-12(10,11)7-8(2,3)6-9/h4-7,9H2,1-3H3. The molecule has 0 aliphatic rings. The van der Waals surface area contributed by atoms with Crippen molar-refractivity contribution in [2.24, 2.45) is 11.1 Å². The maximum atomic E-state index is 11.3. The summed E-state index contributed by atoms with van der Waals surface area (Å²) in [4.78, 5) is 0. The molecule has 0 heterocycles. The number of rotatable bonds is 5. The van der Waals surface area contributed by atoms with E-state index in [9.17, 15) is 8.42 Å².